The van der Waals surface area contributed by atoms with Gasteiger partial charge in [-0.25, -0.2) is 0 Å². The number of pyridine rings is 1. The number of aryl methyl sites for hydroxylation is 2. The molecule has 0 aliphatic heterocycles. The molecule has 0 bridgehead atoms. The van der Waals surface area contributed by atoms with Crippen molar-refractivity contribution in [2.75, 3.05) is 0 Å². The summed E-state index contributed by atoms with van der Waals surface area (Å²) >= 11 is 0. The fraction of sp³-hybridized carbons (Fsp3) is 0.400. The summed E-state index contributed by atoms with van der Waals surface area (Å²) in [6.45, 7) is 2.09. The lowest BCUT2D eigenvalue weighted by atomic mass is 10.2. The van der Waals surface area contributed by atoms with Crippen LogP contribution in [0.3, 0.4) is 0 Å². The van der Waals surface area contributed by atoms with Gasteiger partial charge in [-0.05, 0) is 6.42 Å². The van der Waals surface area contributed by atoms with Crippen LogP contribution in [0.25, 0.3) is 11.0 Å². The number of hydrogen-bond acceptors (Lipinski definition) is 2. The Hall–Kier alpha value is -1.58. The predicted octanol–water partition coefficient (Wildman–Crippen LogP) is 1.21. The number of aromatic amines is 1. The van der Waals surface area contributed by atoms with Gasteiger partial charge >= 0.3 is 0 Å². The van der Waals surface area contributed by atoms with E-state index in [0.717, 1.165) is 24.2 Å². The summed E-state index contributed by atoms with van der Waals surface area (Å²) in [4.78, 5) is 14.8. The highest BCUT2D eigenvalue weighted by Crippen LogP contribution is 2.06. The Morgan fingerprint density at radius 3 is 3.07 bits per heavy atom. The van der Waals surface area contributed by atoms with Crippen LogP contribution in [-0.2, 0) is 13.5 Å². The molecule has 0 saturated heterocycles. The fourth-order valence-electron chi connectivity index (χ4n) is 1.59. The van der Waals surface area contributed by atoms with Crippen molar-refractivity contribution >= 4 is 11.0 Å². The smallest absolute Gasteiger partial charge is 0.192 e. The van der Waals surface area contributed by atoms with Gasteiger partial charge in [0.25, 0.3) is 0 Å². The van der Waals surface area contributed by atoms with E-state index in [9.17, 15) is 4.79 Å². The van der Waals surface area contributed by atoms with Gasteiger partial charge in [-0.2, -0.15) is 5.10 Å². The standard InChI is InChI=1S/C10H13N3O/c1-3-4-7-5-9(14)8-6-11-13(2)10(8)12-7/h5-6H,3-4H2,1-2H3,(H,12,14). The molecule has 14 heavy (non-hydrogen) atoms. The zero-order chi connectivity index (χ0) is 10.1. The molecule has 2 aromatic rings. The molecule has 2 rings (SSSR count). The lowest BCUT2D eigenvalue weighted by molar-refractivity contribution is 0.779. The van der Waals surface area contributed by atoms with Crippen LogP contribution in [-0.4, -0.2) is 14.8 Å². The third kappa shape index (κ3) is 1.32. The minimum atomic E-state index is 0.0512. The van der Waals surface area contributed by atoms with E-state index in [-0.39, 0.29) is 5.43 Å². The largest absolute Gasteiger partial charge is 0.343 e. The summed E-state index contributed by atoms with van der Waals surface area (Å²) in [5.74, 6) is 0. The molecule has 0 fully saturated rings. The Kier molecular flexibility index (Phi) is 2.11. The van der Waals surface area contributed by atoms with Gasteiger partial charge in [0.2, 0.25) is 0 Å². The van der Waals surface area contributed by atoms with Crippen LogP contribution < -0.4 is 5.43 Å². The summed E-state index contributed by atoms with van der Waals surface area (Å²) < 4.78 is 1.69. The minimum absolute atomic E-state index is 0.0512. The molecule has 4 heteroatoms. The lowest BCUT2D eigenvalue weighted by Gasteiger charge is -2.00. The first-order valence-corrected chi connectivity index (χ1v) is 4.76. The highest BCUT2D eigenvalue weighted by Gasteiger charge is 2.05. The van der Waals surface area contributed by atoms with Gasteiger partial charge in [0.1, 0.15) is 5.65 Å². The van der Waals surface area contributed by atoms with Gasteiger partial charge in [-0.3, -0.25) is 9.48 Å². The summed E-state index contributed by atoms with van der Waals surface area (Å²) in [5, 5.41) is 4.70. The Labute approximate surface area is 81.6 Å². The molecule has 0 saturated carbocycles. The zero-order valence-electron chi connectivity index (χ0n) is 8.37. The molecule has 0 radical (unpaired) electrons. The van der Waals surface area contributed by atoms with Gasteiger partial charge in [-0.1, -0.05) is 13.3 Å². The summed E-state index contributed by atoms with van der Waals surface area (Å²) in [5.41, 5.74) is 1.84. The monoisotopic (exact) mass is 191 g/mol. The van der Waals surface area contributed by atoms with Gasteiger partial charge < -0.3 is 4.98 Å². The van der Waals surface area contributed by atoms with Crippen molar-refractivity contribution in [1.29, 1.82) is 0 Å². The maximum absolute atomic E-state index is 11.6. The number of hydrogen-bond donors (Lipinski definition) is 1. The van der Waals surface area contributed by atoms with Crippen LogP contribution in [0.4, 0.5) is 0 Å². The van der Waals surface area contributed by atoms with E-state index in [0.29, 0.717) is 5.39 Å². The summed E-state index contributed by atoms with van der Waals surface area (Å²) in [6.07, 6.45) is 3.53. The quantitative estimate of drug-likeness (QED) is 0.775. The van der Waals surface area contributed by atoms with E-state index >= 15 is 0 Å². The van der Waals surface area contributed by atoms with Crippen molar-refractivity contribution < 1.29 is 0 Å². The summed E-state index contributed by atoms with van der Waals surface area (Å²) in [6, 6.07) is 1.66. The van der Waals surface area contributed by atoms with Gasteiger partial charge in [-0.15, -0.1) is 0 Å². The number of nitrogens with one attached hydrogen (secondary N) is 1. The van der Waals surface area contributed by atoms with Crippen LogP contribution >= 0.6 is 0 Å². The first-order valence-electron chi connectivity index (χ1n) is 4.76. The molecule has 0 aliphatic carbocycles. The fourth-order valence-corrected chi connectivity index (χ4v) is 1.59. The molecule has 0 aliphatic rings. The van der Waals surface area contributed by atoms with Gasteiger partial charge in [0.15, 0.2) is 5.43 Å². The first kappa shape index (κ1) is 8.99. The van der Waals surface area contributed by atoms with E-state index in [1.807, 2.05) is 7.05 Å². The molecular formula is C10H13N3O. The van der Waals surface area contributed by atoms with Crippen LogP contribution in [0.15, 0.2) is 17.1 Å². The number of rotatable bonds is 2. The highest BCUT2D eigenvalue weighted by atomic mass is 16.1. The van der Waals surface area contributed by atoms with E-state index < -0.39 is 0 Å². The molecule has 0 amide bonds. The minimum Gasteiger partial charge on any atom is -0.343 e. The molecule has 74 valence electrons. The number of aromatic nitrogens is 3. The van der Waals surface area contributed by atoms with Crippen LogP contribution in [0.2, 0.25) is 0 Å². The normalized spacial score (nSPS) is 11.0. The molecular weight excluding hydrogens is 178 g/mol. The van der Waals surface area contributed by atoms with Crippen molar-refractivity contribution in [1.82, 2.24) is 14.8 Å². The SMILES string of the molecule is CCCc1cc(=O)c2cnn(C)c2[nH]1. The molecule has 0 aromatic carbocycles. The maximum atomic E-state index is 11.6. The maximum Gasteiger partial charge on any atom is 0.192 e. The van der Waals surface area contributed by atoms with Crippen LogP contribution in [0, 0.1) is 0 Å². The topological polar surface area (TPSA) is 50.7 Å². The van der Waals surface area contributed by atoms with Crippen molar-refractivity contribution in [2.24, 2.45) is 7.05 Å². The molecule has 1 N–H and O–H groups in total. The summed E-state index contributed by atoms with van der Waals surface area (Å²) in [7, 11) is 1.83. The second kappa shape index (κ2) is 3.29. The van der Waals surface area contributed by atoms with Crippen molar-refractivity contribution in [3.63, 3.8) is 0 Å². The van der Waals surface area contributed by atoms with Gasteiger partial charge in [0.05, 0.1) is 11.6 Å². The number of H-pyrrole nitrogens is 1. The number of fused-ring (bicyclic) bond motifs is 1. The van der Waals surface area contributed by atoms with Crippen molar-refractivity contribution in [3.05, 3.63) is 28.2 Å². The average molecular weight is 191 g/mol. The molecule has 0 unspecified atom stereocenters. The van der Waals surface area contributed by atoms with E-state index in [1.54, 1.807) is 16.9 Å². The molecule has 4 nitrogen and oxygen atoms in total. The molecule has 2 heterocycles. The van der Waals surface area contributed by atoms with Crippen LogP contribution in [0.5, 0.6) is 0 Å². The number of nitrogens with zero attached hydrogens (tertiary/aromatic N) is 2. The third-order valence-corrected chi connectivity index (χ3v) is 2.31. The second-order valence-electron chi connectivity index (χ2n) is 3.44. The average Bonchev–Trinajstić information content (AvgIpc) is 2.49. The zero-order valence-corrected chi connectivity index (χ0v) is 8.37. The van der Waals surface area contributed by atoms with E-state index in [1.165, 1.54) is 0 Å². The first-order chi connectivity index (χ1) is 6.72. The Balaban J connectivity index is 2.69. The lowest BCUT2D eigenvalue weighted by Crippen LogP contribution is -2.05. The van der Waals surface area contributed by atoms with Crippen molar-refractivity contribution in [3.8, 4) is 0 Å². The second-order valence-corrected chi connectivity index (χ2v) is 3.44. The van der Waals surface area contributed by atoms with Crippen molar-refractivity contribution in [2.45, 2.75) is 19.8 Å². The molecule has 0 spiro atoms. The molecule has 2 aromatic heterocycles. The van der Waals surface area contributed by atoms with E-state index in [4.69, 9.17) is 0 Å². The third-order valence-electron chi connectivity index (χ3n) is 2.31. The molecule has 0 atom stereocenters. The highest BCUT2D eigenvalue weighted by molar-refractivity contribution is 5.74. The van der Waals surface area contributed by atoms with Gasteiger partial charge in [0, 0.05) is 18.8 Å². The Morgan fingerprint density at radius 2 is 2.36 bits per heavy atom. The van der Waals surface area contributed by atoms with E-state index in [2.05, 4.69) is 17.0 Å². The Bertz CT molecular complexity index is 510. The van der Waals surface area contributed by atoms with Crippen LogP contribution in [0.1, 0.15) is 19.0 Å². The predicted molar refractivity (Wildman–Crippen MR) is 55.3 cm³/mol. The Morgan fingerprint density at radius 1 is 1.57 bits per heavy atom.